The molecule has 2 heterocycles. The van der Waals surface area contributed by atoms with Crippen molar-refractivity contribution in [2.45, 2.75) is 17.0 Å². The highest BCUT2D eigenvalue weighted by atomic mass is 32.2. The molecule has 3 rings (SSSR count). The molecule has 2 aromatic heterocycles. The molecule has 0 radical (unpaired) electrons. The normalized spacial score (nSPS) is 10.7. The predicted octanol–water partition coefficient (Wildman–Crippen LogP) is 2.99. The van der Waals surface area contributed by atoms with Gasteiger partial charge in [0.15, 0.2) is 10.2 Å². The summed E-state index contributed by atoms with van der Waals surface area (Å²) >= 11 is 3.15. The van der Waals surface area contributed by atoms with Crippen LogP contribution in [-0.4, -0.2) is 25.4 Å². The Morgan fingerprint density at radius 3 is 2.55 bits per heavy atom. The van der Waals surface area contributed by atoms with E-state index in [1.54, 1.807) is 29.3 Å². The number of nitrogens with zero attached hydrogens (tertiary/aromatic N) is 5. The third-order valence-corrected chi connectivity index (χ3v) is 4.48. The lowest BCUT2D eigenvalue weighted by Gasteiger charge is -2.00. The molecule has 0 saturated heterocycles. The van der Waals surface area contributed by atoms with Gasteiger partial charge in [-0.2, -0.15) is 0 Å². The Bertz CT molecular complexity index is 681. The lowest BCUT2D eigenvalue weighted by molar-refractivity contribution is 0.901. The highest BCUT2D eigenvalue weighted by Crippen LogP contribution is 2.24. The van der Waals surface area contributed by atoms with Gasteiger partial charge in [-0.1, -0.05) is 53.4 Å². The highest BCUT2D eigenvalue weighted by Gasteiger charge is 2.05. The van der Waals surface area contributed by atoms with E-state index in [9.17, 15) is 0 Å². The van der Waals surface area contributed by atoms with Gasteiger partial charge in [-0.15, -0.1) is 20.4 Å². The van der Waals surface area contributed by atoms with E-state index in [0.717, 1.165) is 20.6 Å². The average Bonchev–Trinajstić information content (AvgIpc) is 2.92. The standard InChI is InChI=1S/C13H11N5S2/c1-9-15-18-13(20-9)19-8-12-14-7-11(16-17-12)10-5-3-2-4-6-10/h2-7H,8H2,1H3. The molecular weight excluding hydrogens is 290 g/mol. The van der Waals surface area contributed by atoms with Crippen LogP contribution in [0.2, 0.25) is 0 Å². The molecule has 0 spiro atoms. The summed E-state index contributed by atoms with van der Waals surface area (Å²) in [4.78, 5) is 4.34. The summed E-state index contributed by atoms with van der Waals surface area (Å²) in [6.45, 7) is 1.94. The van der Waals surface area contributed by atoms with Gasteiger partial charge in [0.1, 0.15) is 10.7 Å². The summed E-state index contributed by atoms with van der Waals surface area (Å²) in [5, 5.41) is 17.3. The number of rotatable bonds is 4. The SMILES string of the molecule is Cc1nnc(SCc2ncc(-c3ccccc3)nn2)s1. The van der Waals surface area contributed by atoms with Crippen LogP contribution in [0.3, 0.4) is 0 Å². The zero-order chi connectivity index (χ0) is 13.8. The quantitative estimate of drug-likeness (QED) is 0.690. The molecule has 100 valence electrons. The van der Waals surface area contributed by atoms with E-state index in [2.05, 4.69) is 25.4 Å². The molecule has 20 heavy (non-hydrogen) atoms. The zero-order valence-corrected chi connectivity index (χ0v) is 12.4. The van der Waals surface area contributed by atoms with Crippen LogP contribution in [0.1, 0.15) is 10.8 Å². The first-order valence-electron chi connectivity index (χ1n) is 5.98. The van der Waals surface area contributed by atoms with Crippen LogP contribution in [0.15, 0.2) is 40.9 Å². The van der Waals surface area contributed by atoms with Crippen molar-refractivity contribution < 1.29 is 0 Å². The number of aryl methyl sites for hydroxylation is 1. The fourth-order valence-electron chi connectivity index (χ4n) is 1.57. The van der Waals surface area contributed by atoms with Crippen LogP contribution >= 0.6 is 23.1 Å². The number of aromatic nitrogens is 5. The minimum Gasteiger partial charge on any atom is -0.236 e. The first-order valence-corrected chi connectivity index (χ1v) is 7.78. The Hall–Kier alpha value is -1.86. The molecule has 0 fully saturated rings. The molecule has 0 bridgehead atoms. The van der Waals surface area contributed by atoms with E-state index in [-0.39, 0.29) is 0 Å². The Morgan fingerprint density at radius 1 is 1.05 bits per heavy atom. The summed E-state index contributed by atoms with van der Waals surface area (Å²) in [6, 6.07) is 9.89. The maximum absolute atomic E-state index is 4.34. The second-order valence-corrected chi connectivity index (χ2v) is 6.41. The monoisotopic (exact) mass is 301 g/mol. The molecule has 7 heteroatoms. The smallest absolute Gasteiger partial charge is 0.174 e. The second kappa shape index (κ2) is 6.06. The summed E-state index contributed by atoms with van der Waals surface area (Å²) in [5.74, 6) is 1.35. The van der Waals surface area contributed by atoms with E-state index < -0.39 is 0 Å². The summed E-state index contributed by atoms with van der Waals surface area (Å²) in [6.07, 6.45) is 1.75. The van der Waals surface area contributed by atoms with E-state index >= 15 is 0 Å². The molecule has 0 aliphatic rings. The van der Waals surface area contributed by atoms with Crippen molar-refractivity contribution in [2.24, 2.45) is 0 Å². The van der Waals surface area contributed by atoms with Crippen molar-refractivity contribution in [2.75, 3.05) is 0 Å². The van der Waals surface area contributed by atoms with Gasteiger partial charge in [0.05, 0.1) is 11.9 Å². The van der Waals surface area contributed by atoms with Gasteiger partial charge in [-0.3, -0.25) is 0 Å². The van der Waals surface area contributed by atoms with Crippen LogP contribution in [0.25, 0.3) is 11.3 Å². The molecule has 0 amide bonds. The number of hydrogen-bond acceptors (Lipinski definition) is 7. The first kappa shape index (κ1) is 13.1. The van der Waals surface area contributed by atoms with E-state index in [0.29, 0.717) is 11.6 Å². The van der Waals surface area contributed by atoms with Crippen LogP contribution < -0.4 is 0 Å². The predicted molar refractivity (Wildman–Crippen MR) is 79.5 cm³/mol. The summed E-state index contributed by atoms with van der Waals surface area (Å²) < 4.78 is 0.929. The minimum atomic E-state index is 0.650. The lowest BCUT2D eigenvalue weighted by atomic mass is 10.2. The van der Waals surface area contributed by atoms with Crippen LogP contribution in [0.4, 0.5) is 0 Å². The Balaban J connectivity index is 1.67. The maximum atomic E-state index is 4.34. The minimum absolute atomic E-state index is 0.650. The Labute approximate surface area is 124 Å². The van der Waals surface area contributed by atoms with Crippen molar-refractivity contribution in [1.29, 1.82) is 0 Å². The molecule has 0 unspecified atom stereocenters. The number of thioether (sulfide) groups is 1. The van der Waals surface area contributed by atoms with E-state index in [4.69, 9.17) is 0 Å². The molecule has 0 N–H and O–H groups in total. The van der Waals surface area contributed by atoms with Crippen molar-refractivity contribution in [3.05, 3.63) is 47.4 Å². The lowest BCUT2D eigenvalue weighted by Crippen LogP contribution is -1.97. The summed E-state index contributed by atoms with van der Waals surface area (Å²) in [5.41, 5.74) is 1.80. The van der Waals surface area contributed by atoms with Crippen LogP contribution in [0, 0.1) is 6.92 Å². The summed E-state index contributed by atoms with van der Waals surface area (Å²) in [7, 11) is 0. The topological polar surface area (TPSA) is 64.5 Å². The largest absolute Gasteiger partial charge is 0.236 e. The van der Waals surface area contributed by atoms with E-state index in [1.807, 2.05) is 37.3 Å². The molecule has 0 saturated carbocycles. The number of hydrogen-bond donors (Lipinski definition) is 0. The Morgan fingerprint density at radius 2 is 1.90 bits per heavy atom. The molecule has 1 aromatic carbocycles. The van der Waals surface area contributed by atoms with Crippen molar-refractivity contribution in [1.82, 2.24) is 25.4 Å². The van der Waals surface area contributed by atoms with Gasteiger partial charge >= 0.3 is 0 Å². The first-order chi connectivity index (χ1) is 9.81. The average molecular weight is 301 g/mol. The van der Waals surface area contributed by atoms with Gasteiger partial charge < -0.3 is 0 Å². The maximum Gasteiger partial charge on any atom is 0.174 e. The zero-order valence-electron chi connectivity index (χ0n) is 10.7. The van der Waals surface area contributed by atoms with Crippen molar-refractivity contribution >= 4 is 23.1 Å². The van der Waals surface area contributed by atoms with Gasteiger partial charge in [0.25, 0.3) is 0 Å². The number of benzene rings is 1. The fourth-order valence-corrected chi connectivity index (χ4v) is 3.24. The second-order valence-electron chi connectivity index (χ2n) is 4.00. The highest BCUT2D eigenvalue weighted by molar-refractivity contribution is 8.00. The molecule has 5 nitrogen and oxygen atoms in total. The molecule has 0 aliphatic carbocycles. The van der Waals surface area contributed by atoms with Gasteiger partial charge in [-0.05, 0) is 6.92 Å². The van der Waals surface area contributed by atoms with Gasteiger partial charge in [0, 0.05) is 5.56 Å². The third kappa shape index (κ3) is 3.17. The molecular formula is C13H11N5S2. The van der Waals surface area contributed by atoms with E-state index in [1.165, 1.54) is 0 Å². The van der Waals surface area contributed by atoms with Crippen molar-refractivity contribution in [3.63, 3.8) is 0 Å². The van der Waals surface area contributed by atoms with Gasteiger partial charge in [-0.25, -0.2) is 4.98 Å². The third-order valence-electron chi connectivity index (χ3n) is 2.51. The van der Waals surface area contributed by atoms with Crippen LogP contribution in [0.5, 0.6) is 0 Å². The molecule has 0 atom stereocenters. The van der Waals surface area contributed by atoms with Crippen molar-refractivity contribution in [3.8, 4) is 11.3 Å². The fraction of sp³-hybridized carbons (Fsp3) is 0.154. The molecule has 0 aliphatic heterocycles. The van der Waals surface area contributed by atoms with Crippen LogP contribution in [-0.2, 0) is 5.75 Å². The van der Waals surface area contributed by atoms with Gasteiger partial charge in [0.2, 0.25) is 0 Å². The molecule has 3 aromatic rings. The Kier molecular flexibility index (Phi) is 3.98.